The van der Waals surface area contributed by atoms with Gasteiger partial charge in [0.15, 0.2) is 0 Å². The van der Waals surface area contributed by atoms with Crippen molar-refractivity contribution < 1.29 is 4.79 Å². The van der Waals surface area contributed by atoms with Gasteiger partial charge in [-0.25, -0.2) is 0 Å². The van der Waals surface area contributed by atoms with Crippen molar-refractivity contribution in [2.24, 2.45) is 5.92 Å². The van der Waals surface area contributed by atoms with E-state index in [1.165, 1.54) is 0 Å². The molecule has 1 aliphatic heterocycles. The number of carbonyl (C=O) groups excluding carboxylic acids is 1. The summed E-state index contributed by atoms with van der Waals surface area (Å²) in [6.07, 6.45) is 6.72. The predicted molar refractivity (Wildman–Crippen MR) is 79.8 cm³/mol. The molecule has 18 heavy (non-hydrogen) atoms. The van der Waals surface area contributed by atoms with E-state index in [1.807, 2.05) is 11.8 Å². The minimum absolute atomic E-state index is 0.0617. The third kappa shape index (κ3) is 4.16. The summed E-state index contributed by atoms with van der Waals surface area (Å²) in [5, 5.41) is 3.52. The molecule has 1 heterocycles. The minimum Gasteiger partial charge on any atom is -0.326 e. The van der Waals surface area contributed by atoms with E-state index in [9.17, 15) is 4.79 Å². The van der Waals surface area contributed by atoms with Crippen molar-refractivity contribution in [3.05, 3.63) is 0 Å². The number of hydrogen-bond donors (Lipinski definition) is 1. The Morgan fingerprint density at radius 1 is 1.39 bits per heavy atom. The van der Waals surface area contributed by atoms with Gasteiger partial charge in [-0.05, 0) is 30.8 Å². The zero-order valence-electron chi connectivity index (χ0n) is 12.2. The summed E-state index contributed by atoms with van der Waals surface area (Å²) in [6, 6.07) is 0.0617. The highest BCUT2D eigenvalue weighted by Crippen LogP contribution is 2.21. The van der Waals surface area contributed by atoms with Crippen molar-refractivity contribution in [3.8, 4) is 0 Å². The number of rotatable bonds is 8. The van der Waals surface area contributed by atoms with Crippen LogP contribution in [0.25, 0.3) is 0 Å². The largest absolute Gasteiger partial charge is 0.326 e. The Morgan fingerprint density at radius 3 is 2.67 bits per heavy atom. The van der Waals surface area contributed by atoms with Gasteiger partial charge in [0.1, 0.15) is 0 Å². The summed E-state index contributed by atoms with van der Waals surface area (Å²) in [4.78, 5) is 14.4. The lowest BCUT2D eigenvalue weighted by Gasteiger charge is -2.27. The average Bonchev–Trinajstić information content (AvgIpc) is 2.65. The summed E-state index contributed by atoms with van der Waals surface area (Å²) < 4.78 is 0. The molecule has 0 saturated carbocycles. The van der Waals surface area contributed by atoms with Gasteiger partial charge in [-0.15, -0.1) is 0 Å². The van der Waals surface area contributed by atoms with E-state index in [0.717, 1.165) is 38.0 Å². The molecule has 0 aromatic rings. The maximum absolute atomic E-state index is 12.4. The molecule has 0 aliphatic carbocycles. The van der Waals surface area contributed by atoms with Crippen LogP contribution in [0.3, 0.4) is 0 Å². The van der Waals surface area contributed by atoms with Crippen LogP contribution < -0.4 is 5.32 Å². The summed E-state index contributed by atoms with van der Waals surface area (Å²) >= 11 is 1.85. The number of nitrogens with zero attached hydrogens (tertiary/aromatic N) is 1. The second-order valence-corrected chi connectivity index (χ2v) is 6.41. The fourth-order valence-corrected chi connectivity index (χ4v) is 2.92. The molecule has 1 amide bonds. The van der Waals surface area contributed by atoms with Crippen LogP contribution in [0.2, 0.25) is 0 Å². The molecular weight excluding hydrogens is 244 g/mol. The molecule has 1 fully saturated rings. The maximum atomic E-state index is 12.4. The third-order valence-corrected chi connectivity index (χ3v) is 4.21. The molecule has 1 rings (SSSR count). The van der Waals surface area contributed by atoms with Gasteiger partial charge >= 0.3 is 0 Å². The first kappa shape index (κ1) is 15.8. The van der Waals surface area contributed by atoms with Gasteiger partial charge in [-0.3, -0.25) is 10.1 Å². The van der Waals surface area contributed by atoms with Gasteiger partial charge in [0, 0.05) is 6.54 Å². The quantitative estimate of drug-likeness (QED) is 0.690. The number of thioether (sulfide) groups is 1. The van der Waals surface area contributed by atoms with Crippen LogP contribution in [-0.2, 0) is 4.79 Å². The van der Waals surface area contributed by atoms with E-state index in [1.54, 1.807) is 0 Å². The summed E-state index contributed by atoms with van der Waals surface area (Å²) in [7, 11) is 0. The topological polar surface area (TPSA) is 32.3 Å². The fourth-order valence-electron chi connectivity index (χ4n) is 2.50. The molecule has 1 aliphatic rings. The van der Waals surface area contributed by atoms with Crippen LogP contribution in [-0.4, -0.2) is 41.6 Å². The summed E-state index contributed by atoms with van der Waals surface area (Å²) in [6.45, 7) is 7.46. The van der Waals surface area contributed by atoms with Crippen LogP contribution >= 0.6 is 11.8 Å². The SMILES string of the molecule is CCCCC1NC(C(C)C)N(CCCSC)C1=O. The Balaban J connectivity index is 2.56. The van der Waals surface area contributed by atoms with E-state index in [4.69, 9.17) is 0 Å². The van der Waals surface area contributed by atoms with E-state index in [0.29, 0.717) is 11.8 Å². The van der Waals surface area contributed by atoms with E-state index in [-0.39, 0.29) is 12.2 Å². The minimum atomic E-state index is 0.0617. The Hall–Kier alpha value is -0.220. The fraction of sp³-hybridized carbons (Fsp3) is 0.929. The number of hydrogen-bond acceptors (Lipinski definition) is 3. The second-order valence-electron chi connectivity index (χ2n) is 5.43. The monoisotopic (exact) mass is 272 g/mol. The molecule has 2 unspecified atom stereocenters. The predicted octanol–water partition coefficient (Wildman–Crippen LogP) is 2.71. The van der Waals surface area contributed by atoms with Crippen LogP contribution in [0, 0.1) is 5.92 Å². The van der Waals surface area contributed by atoms with Crippen LogP contribution in [0.5, 0.6) is 0 Å². The Bertz CT molecular complexity index is 258. The van der Waals surface area contributed by atoms with Gasteiger partial charge in [0.05, 0.1) is 12.2 Å². The Labute approximate surface area is 116 Å². The molecular formula is C14H28N2OS. The van der Waals surface area contributed by atoms with Gasteiger partial charge in [-0.2, -0.15) is 11.8 Å². The number of nitrogens with one attached hydrogen (secondary N) is 1. The van der Waals surface area contributed by atoms with Crippen LogP contribution in [0.15, 0.2) is 0 Å². The molecule has 0 bridgehead atoms. The first-order valence-electron chi connectivity index (χ1n) is 7.17. The highest BCUT2D eigenvalue weighted by Gasteiger charge is 2.38. The lowest BCUT2D eigenvalue weighted by atomic mass is 10.1. The molecule has 3 nitrogen and oxygen atoms in total. The average molecular weight is 272 g/mol. The highest BCUT2D eigenvalue weighted by atomic mass is 32.2. The molecule has 2 atom stereocenters. The first-order chi connectivity index (χ1) is 8.61. The third-order valence-electron chi connectivity index (χ3n) is 3.51. The van der Waals surface area contributed by atoms with Gasteiger partial charge in [0.25, 0.3) is 0 Å². The van der Waals surface area contributed by atoms with E-state index in [2.05, 4.69) is 37.2 Å². The van der Waals surface area contributed by atoms with Crippen molar-refractivity contribution in [1.82, 2.24) is 10.2 Å². The summed E-state index contributed by atoms with van der Waals surface area (Å²) in [5.41, 5.74) is 0. The zero-order valence-corrected chi connectivity index (χ0v) is 13.1. The molecule has 0 aromatic carbocycles. The van der Waals surface area contributed by atoms with Gasteiger partial charge in [-0.1, -0.05) is 33.6 Å². The zero-order chi connectivity index (χ0) is 13.5. The Kier molecular flexibility index (Phi) is 7.08. The Morgan fingerprint density at radius 2 is 2.11 bits per heavy atom. The smallest absolute Gasteiger partial charge is 0.241 e. The number of carbonyl (C=O) groups is 1. The second kappa shape index (κ2) is 8.05. The molecule has 0 radical (unpaired) electrons. The van der Waals surface area contributed by atoms with E-state index >= 15 is 0 Å². The summed E-state index contributed by atoms with van der Waals surface area (Å²) in [5.74, 6) is 1.94. The molecule has 106 valence electrons. The van der Waals surface area contributed by atoms with Crippen molar-refractivity contribution >= 4 is 17.7 Å². The molecule has 4 heteroatoms. The highest BCUT2D eigenvalue weighted by molar-refractivity contribution is 7.98. The molecule has 0 aromatic heterocycles. The first-order valence-corrected chi connectivity index (χ1v) is 8.56. The number of unbranched alkanes of at least 4 members (excludes halogenated alkanes) is 1. The van der Waals surface area contributed by atoms with Crippen LogP contribution in [0.1, 0.15) is 46.5 Å². The van der Waals surface area contributed by atoms with Gasteiger partial charge in [0.2, 0.25) is 5.91 Å². The van der Waals surface area contributed by atoms with Crippen molar-refractivity contribution in [2.45, 2.75) is 58.7 Å². The molecule has 1 saturated heterocycles. The van der Waals surface area contributed by atoms with Crippen molar-refractivity contribution in [1.29, 1.82) is 0 Å². The lowest BCUT2D eigenvalue weighted by molar-refractivity contribution is -0.130. The maximum Gasteiger partial charge on any atom is 0.241 e. The standard InChI is InChI=1S/C14H28N2OS/c1-5-6-8-12-14(17)16(9-7-10-18-4)13(15-12)11(2)3/h11-13,15H,5-10H2,1-4H3. The molecule has 0 spiro atoms. The normalized spacial score (nSPS) is 24.3. The molecule has 1 N–H and O–H groups in total. The lowest BCUT2D eigenvalue weighted by Crippen LogP contribution is -2.42. The van der Waals surface area contributed by atoms with Gasteiger partial charge < -0.3 is 4.90 Å². The van der Waals surface area contributed by atoms with Crippen molar-refractivity contribution in [2.75, 3.05) is 18.6 Å². The van der Waals surface area contributed by atoms with Crippen LogP contribution in [0.4, 0.5) is 0 Å². The van der Waals surface area contributed by atoms with Crippen molar-refractivity contribution in [3.63, 3.8) is 0 Å². The van der Waals surface area contributed by atoms with E-state index < -0.39 is 0 Å². The number of amides is 1.